The Labute approximate surface area is 158 Å². The Balaban J connectivity index is 1.56. The van der Waals surface area contributed by atoms with E-state index in [4.69, 9.17) is 14.2 Å². The second-order valence-corrected chi connectivity index (χ2v) is 6.64. The Morgan fingerprint density at radius 1 is 1.11 bits per heavy atom. The van der Waals surface area contributed by atoms with E-state index in [9.17, 15) is 0 Å². The standard InChI is InChI=1S/C21H23N3O3/c1-2-6-19-14-25-21(27-19,13-20-22-15-23-24-20)16-9-11-18(12-10-16)26-17-7-4-3-5-8-17/h3-5,7-12,15,19H,2,6,13-14H2,1H3,(H,22,23,24). The van der Waals surface area contributed by atoms with E-state index in [2.05, 4.69) is 22.1 Å². The molecule has 6 nitrogen and oxygen atoms in total. The molecule has 1 N–H and O–H groups in total. The molecule has 140 valence electrons. The van der Waals surface area contributed by atoms with Gasteiger partial charge in [-0.25, -0.2) is 4.98 Å². The van der Waals surface area contributed by atoms with Gasteiger partial charge in [-0.2, -0.15) is 5.10 Å². The monoisotopic (exact) mass is 365 g/mol. The van der Waals surface area contributed by atoms with Gasteiger partial charge in [0.05, 0.1) is 19.1 Å². The van der Waals surface area contributed by atoms with E-state index in [0.29, 0.717) is 13.0 Å². The van der Waals surface area contributed by atoms with Crippen molar-refractivity contribution in [2.45, 2.75) is 38.1 Å². The van der Waals surface area contributed by atoms with Crippen LogP contribution in [0.15, 0.2) is 60.9 Å². The lowest BCUT2D eigenvalue weighted by Gasteiger charge is -2.28. The number of hydrogen-bond donors (Lipinski definition) is 1. The van der Waals surface area contributed by atoms with Gasteiger partial charge in [-0.3, -0.25) is 5.10 Å². The first-order valence-corrected chi connectivity index (χ1v) is 9.27. The molecule has 1 saturated heterocycles. The van der Waals surface area contributed by atoms with Crippen LogP contribution in [-0.2, 0) is 21.7 Å². The maximum atomic E-state index is 6.36. The molecule has 0 aliphatic carbocycles. The summed E-state index contributed by atoms with van der Waals surface area (Å²) < 4.78 is 18.4. The third kappa shape index (κ3) is 4.02. The summed E-state index contributed by atoms with van der Waals surface area (Å²) in [5.74, 6) is 1.45. The number of aromatic amines is 1. The van der Waals surface area contributed by atoms with Crippen molar-refractivity contribution in [3.05, 3.63) is 72.3 Å². The average molecular weight is 365 g/mol. The largest absolute Gasteiger partial charge is 0.457 e. The molecule has 2 atom stereocenters. The minimum absolute atomic E-state index is 0.0816. The lowest BCUT2D eigenvalue weighted by atomic mass is 10.0. The van der Waals surface area contributed by atoms with E-state index < -0.39 is 5.79 Å². The lowest BCUT2D eigenvalue weighted by molar-refractivity contribution is -0.177. The maximum Gasteiger partial charge on any atom is 0.202 e. The molecule has 6 heteroatoms. The van der Waals surface area contributed by atoms with Crippen LogP contribution in [0.25, 0.3) is 0 Å². The first-order chi connectivity index (χ1) is 13.3. The number of aromatic nitrogens is 3. The zero-order chi connectivity index (χ0) is 18.5. The van der Waals surface area contributed by atoms with Crippen LogP contribution < -0.4 is 4.74 Å². The van der Waals surface area contributed by atoms with Crippen LogP contribution >= 0.6 is 0 Å². The molecular weight excluding hydrogens is 342 g/mol. The number of nitrogens with one attached hydrogen (secondary N) is 1. The quantitative estimate of drug-likeness (QED) is 0.679. The first kappa shape index (κ1) is 17.7. The Morgan fingerprint density at radius 2 is 1.89 bits per heavy atom. The molecule has 1 aliphatic heterocycles. The van der Waals surface area contributed by atoms with E-state index in [1.165, 1.54) is 6.33 Å². The second-order valence-electron chi connectivity index (χ2n) is 6.64. The third-order valence-electron chi connectivity index (χ3n) is 4.61. The molecule has 2 unspecified atom stereocenters. The number of H-pyrrole nitrogens is 1. The molecule has 27 heavy (non-hydrogen) atoms. The van der Waals surface area contributed by atoms with Crippen molar-refractivity contribution in [2.24, 2.45) is 0 Å². The van der Waals surface area contributed by atoms with E-state index in [0.717, 1.165) is 35.7 Å². The fourth-order valence-electron chi connectivity index (χ4n) is 3.31. The van der Waals surface area contributed by atoms with Gasteiger partial charge in [0.25, 0.3) is 0 Å². The van der Waals surface area contributed by atoms with Crippen LogP contribution in [0, 0.1) is 0 Å². The van der Waals surface area contributed by atoms with Gasteiger partial charge in [-0.05, 0) is 42.8 Å². The molecule has 3 aromatic rings. The van der Waals surface area contributed by atoms with E-state index >= 15 is 0 Å². The number of ether oxygens (including phenoxy) is 3. The van der Waals surface area contributed by atoms with Crippen molar-refractivity contribution >= 4 is 0 Å². The van der Waals surface area contributed by atoms with Gasteiger partial charge in [0.15, 0.2) is 0 Å². The predicted octanol–water partition coefficient (Wildman–Crippen LogP) is 4.21. The zero-order valence-corrected chi connectivity index (χ0v) is 15.3. The second kappa shape index (κ2) is 7.90. The Bertz CT molecular complexity index is 837. The highest BCUT2D eigenvalue weighted by atomic mass is 16.7. The minimum atomic E-state index is -0.857. The highest BCUT2D eigenvalue weighted by molar-refractivity contribution is 5.35. The minimum Gasteiger partial charge on any atom is -0.457 e. The summed E-state index contributed by atoms with van der Waals surface area (Å²) in [5, 5.41) is 6.84. The summed E-state index contributed by atoms with van der Waals surface area (Å²) in [6.07, 6.45) is 4.08. The van der Waals surface area contributed by atoms with Crippen molar-refractivity contribution in [3.63, 3.8) is 0 Å². The normalized spacial score (nSPS) is 22.0. The van der Waals surface area contributed by atoms with E-state index in [1.54, 1.807) is 0 Å². The summed E-state index contributed by atoms with van der Waals surface area (Å²) in [6, 6.07) is 17.6. The van der Waals surface area contributed by atoms with Gasteiger partial charge >= 0.3 is 0 Å². The zero-order valence-electron chi connectivity index (χ0n) is 15.3. The number of para-hydroxylation sites is 1. The number of hydrogen-bond acceptors (Lipinski definition) is 5. The highest BCUT2D eigenvalue weighted by Gasteiger charge is 2.43. The molecule has 2 heterocycles. The third-order valence-corrected chi connectivity index (χ3v) is 4.61. The Morgan fingerprint density at radius 3 is 2.59 bits per heavy atom. The topological polar surface area (TPSA) is 69.3 Å². The fourth-order valence-corrected chi connectivity index (χ4v) is 3.31. The Kier molecular flexibility index (Phi) is 5.18. The van der Waals surface area contributed by atoms with Crippen LogP contribution in [0.2, 0.25) is 0 Å². The van der Waals surface area contributed by atoms with Crippen molar-refractivity contribution < 1.29 is 14.2 Å². The summed E-state index contributed by atoms with van der Waals surface area (Å²) in [5.41, 5.74) is 0.943. The summed E-state index contributed by atoms with van der Waals surface area (Å²) in [6.45, 7) is 2.72. The molecule has 1 aliphatic rings. The lowest BCUT2D eigenvalue weighted by Crippen LogP contribution is -2.31. The van der Waals surface area contributed by atoms with Gasteiger partial charge in [0, 0.05) is 5.56 Å². The van der Waals surface area contributed by atoms with Crippen molar-refractivity contribution in [2.75, 3.05) is 6.61 Å². The molecule has 1 aromatic heterocycles. The predicted molar refractivity (Wildman–Crippen MR) is 100 cm³/mol. The molecule has 0 radical (unpaired) electrons. The van der Waals surface area contributed by atoms with E-state index in [1.807, 2.05) is 54.6 Å². The number of rotatable bonds is 7. The van der Waals surface area contributed by atoms with Gasteiger partial charge in [-0.1, -0.05) is 31.5 Å². The van der Waals surface area contributed by atoms with Crippen molar-refractivity contribution in [1.82, 2.24) is 15.2 Å². The highest BCUT2D eigenvalue weighted by Crippen LogP contribution is 2.39. The molecule has 0 saturated carbocycles. The molecule has 0 bridgehead atoms. The van der Waals surface area contributed by atoms with Gasteiger partial charge in [0.1, 0.15) is 23.7 Å². The van der Waals surface area contributed by atoms with Crippen molar-refractivity contribution in [3.8, 4) is 11.5 Å². The van der Waals surface area contributed by atoms with Gasteiger partial charge in [0.2, 0.25) is 5.79 Å². The summed E-state index contributed by atoms with van der Waals surface area (Å²) in [4.78, 5) is 4.24. The van der Waals surface area contributed by atoms with Crippen LogP contribution in [0.4, 0.5) is 0 Å². The van der Waals surface area contributed by atoms with Crippen molar-refractivity contribution in [1.29, 1.82) is 0 Å². The average Bonchev–Trinajstić information content (AvgIpc) is 3.35. The molecule has 0 spiro atoms. The Hall–Kier alpha value is -2.70. The van der Waals surface area contributed by atoms with Crippen LogP contribution in [-0.4, -0.2) is 27.9 Å². The number of benzene rings is 2. The molecule has 4 rings (SSSR count). The number of nitrogens with zero attached hydrogens (tertiary/aromatic N) is 2. The summed E-state index contributed by atoms with van der Waals surface area (Å²) in [7, 11) is 0. The maximum absolute atomic E-state index is 6.36. The SMILES string of the molecule is CCCC1COC(Cc2ncn[nH]2)(c2ccc(Oc3ccccc3)cc2)O1. The smallest absolute Gasteiger partial charge is 0.202 e. The molecular formula is C21H23N3O3. The summed E-state index contributed by atoms with van der Waals surface area (Å²) >= 11 is 0. The van der Waals surface area contributed by atoms with Crippen LogP contribution in [0.3, 0.4) is 0 Å². The molecule has 2 aromatic carbocycles. The molecule has 1 fully saturated rings. The fraction of sp³-hybridized carbons (Fsp3) is 0.333. The van der Waals surface area contributed by atoms with Gasteiger partial charge < -0.3 is 14.2 Å². The van der Waals surface area contributed by atoms with Gasteiger partial charge in [-0.15, -0.1) is 0 Å². The van der Waals surface area contributed by atoms with Crippen LogP contribution in [0.1, 0.15) is 31.2 Å². The molecule has 0 amide bonds. The first-order valence-electron chi connectivity index (χ1n) is 9.27. The van der Waals surface area contributed by atoms with E-state index in [-0.39, 0.29) is 6.10 Å². The van der Waals surface area contributed by atoms with Crippen LogP contribution in [0.5, 0.6) is 11.5 Å².